The molecule has 1 aliphatic heterocycles. The molecule has 1 aromatic carbocycles. The van der Waals surface area contributed by atoms with Gasteiger partial charge in [0, 0.05) is 29.7 Å². The molecule has 1 fully saturated rings. The number of carbonyl (C=O) groups is 1. The van der Waals surface area contributed by atoms with Crippen LogP contribution in [-0.2, 0) is 9.53 Å². The second-order valence-electron chi connectivity index (χ2n) is 6.30. The minimum Gasteiger partial charge on any atom is -0.469 e. The molecule has 1 aromatic heterocycles. The monoisotopic (exact) mass is 312 g/mol. The number of hydrogen-bond donors (Lipinski definition) is 1. The summed E-state index contributed by atoms with van der Waals surface area (Å²) < 4.78 is 4.88. The number of fused-ring (bicyclic) bond motifs is 1. The number of allylic oxidation sites excluding steroid dienone is 1. The third-order valence-corrected chi connectivity index (χ3v) is 4.99. The van der Waals surface area contributed by atoms with Crippen molar-refractivity contribution in [2.24, 2.45) is 5.92 Å². The lowest BCUT2D eigenvalue weighted by atomic mass is 9.82. The Morgan fingerprint density at radius 3 is 2.96 bits per heavy atom. The van der Waals surface area contributed by atoms with Gasteiger partial charge in [-0.2, -0.15) is 0 Å². The zero-order valence-electron chi connectivity index (χ0n) is 14.0. The first-order valence-electron chi connectivity index (χ1n) is 8.12. The highest BCUT2D eigenvalue weighted by Crippen LogP contribution is 2.39. The van der Waals surface area contributed by atoms with Crippen molar-refractivity contribution in [2.45, 2.75) is 25.8 Å². The van der Waals surface area contributed by atoms with Crippen molar-refractivity contribution in [3.8, 4) is 0 Å². The average Bonchev–Trinajstić information content (AvgIpc) is 2.99. The third-order valence-electron chi connectivity index (χ3n) is 4.99. The van der Waals surface area contributed by atoms with Crippen molar-refractivity contribution < 1.29 is 9.53 Å². The van der Waals surface area contributed by atoms with E-state index in [0.717, 1.165) is 18.5 Å². The van der Waals surface area contributed by atoms with Crippen LogP contribution in [-0.4, -0.2) is 36.6 Å². The number of carbonyl (C=O) groups excluding carboxylic acids is 1. The zero-order valence-corrected chi connectivity index (χ0v) is 14.0. The first-order valence-corrected chi connectivity index (χ1v) is 8.12. The van der Waals surface area contributed by atoms with E-state index in [-0.39, 0.29) is 11.9 Å². The molecule has 0 spiro atoms. The van der Waals surface area contributed by atoms with Gasteiger partial charge in [-0.15, -0.1) is 0 Å². The van der Waals surface area contributed by atoms with E-state index in [0.29, 0.717) is 12.5 Å². The van der Waals surface area contributed by atoms with Crippen LogP contribution in [0.25, 0.3) is 10.9 Å². The fourth-order valence-electron chi connectivity index (χ4n) is 3.69. The van der Waals surface area contributed by atoms with E-state index in [1.165, 1.54) is 23.6 Å². The molecule has 4 nitrogen and oxygen atoms in total. The summed E-state index contributed by atoms with van der Waals surface area (Å²) in [6.07, 6.45) is 5.66. The largest absolute Gasteiger partial charge is 0.469 e. The lowest BCUT2D eigenvalue weighted by molar-refractivity contribution is -0.141. The zero-order chi connectivity index (χ0) is 16.4. The normalized spacial score (nSPS) is 24.2. The van der Waals surface area contributed by atoms with Gasteiger partial charge in [0.1, 0.15) is 0 Å². The van der Waals surface area contributed by atoms with E-state index < -0.39 is 0 Å². The van der Waals surface area contributed by atoms with Crippen LogP contribution in [0.4, 0.5) is 0 Å². The molecule has 4 heteroatoms. The fraction of sp³-hybridized carbons (Fsp3) is 0.421. The molecule has 0 radical (unpaired) electrons. The van der Waals surface area contributed by atoms with Crippen molar-refractivity contribution in [3.63, 3.8) is 0 Å². The number of benzene rings is 1. The van der Waals surface area contributed by atoms with Crippen LogP contribution in [0.15, 0.2) is 42.1 Å². The minimum absolute atomic E-state index is 0.128. The third kappa shape index (κ3) is 3.04. The molecule has 1 N–H and O–H groups in total. The van der Waals surface area contributed by atoms with E-state index in [1.807, 2.05) is 6.07 Å². The van der Waals surface area contributed by atoms with E-state index in [9.17, 15) is 4.79 Å². The van der Waals surface area contributed by atoms with Crippen LogP contribution in [0.2, 0.25) is 0 Å². The van der Waals surface area contributed by atoms with Crippen molar-refractivity contribution in [2.75, 3.05) is 20.7 Å². The standard InChI is InChI=1S/C19H24N2O2/c1-4-13-12-21(2)18(9-14(13)10-19(22)23-3)16-11-20-17-8-6-5-7-15(16)17/h4-8,11,14,18,20H,9-10,12H2,1-3H3/b13-4+/t14-,18+/m1/s1. The van der Waals surface area contributed by atoms with Gasteiger partial charge in [0.2, 0.25) is 0 Å². The van der Waals surface area contributed by atoms with E-state index in [2.05, 4.69) is 54.3 Å². The summed E-state index contributed by atoms with van der Waals surface area (Å²) >= 11 is 0. The first-order chi connectivity index (χ1) is 11.1. The highest BCUT2D eigenvalue weighted by molar-refractivity contribution is 5.83. The van der Waals surface area contributed by atoms with Gasteiger partial charge in [-0.25, -0.2) is 0 Å². The maximum absolute atomic E-state index is 11.8. The van der Waals surface area contributed by atoms with E-state index in [1.54, 1.807) is 0 Å². The molecule has 0 unspecified atom stereocenters. The van der Waals surface area contributed by atoms with Crippen molar-refractivity contribution in [1.29, 1.82) is 0 Å². The second-order valence-corrected chi connectivity index (χ2v) is 6.30. The molecule has 0 amide bonds. The highest BCUT2D eigenvalue weighted by atomic mass is 16.5. The predicted octanol–water partition coefficient (Wildman–Crippen LogP) is 3.67. The van der Waals surface area contributed by atoms with E-state index >= 15 is 0 Å². The maximum atomic E-state index is 11.8. The molecule has 2 heterocycles. The SMILES string of the molecule is C/C=C1\CN(C)[C@H](c2c[nH]c3ccccc23)C[C@@H]1CC(=O)OC. The Hall–Kier alpha value is -2.07. The van der Waals surface area contributed by atoms with E-state index in [4.69, 9.17) is 4.74 Å². The Morgan fingerprint density at radius 1 is 1.43 bits per heavy atom. The van der Waals surface area contributed by atoms with Gasteiger partial charge in [-0.3, -0.25) is 9.69 Å². The van der Waals surface area contributed by atoms with Crippen LogP contribution in [0.5, 0.6) is 0 Å². The van der Waals surface area contributed by atoms with Crippen LogP contribution in [0, 0.1) is 5.92 Å². The smallest absolute Gasteiger partial charge is 0.306 e. The van der Waals surface area contributed by atoms with Crippen LogP contribution in [0.1, 0.15) is 31.4 Å². The van der Waals surface area contributed by atoms with Gasteiger partial charge < -0.3 is 9.72 Å². The van der Waals surface area contributed by atoms with Crippen LogP contribution >= 0.6 is 0 Å². The molecule has 0 bridgehead atoms. The first kappa shape index (κ1) is 15.8. The Balaban J connectivity index is 1.91. The second kappa shape index (κ2) is 6.59. The molecular weight excluding hydrogens is 288 g/mol. The fourth-order valence-corrected chi connectivity index (χ4v) is 3.69. The number of rotatable bonds is 3. The lowest BCUT2D eigenvalue weighted by Crippen LogP contribution is -2.36. The Bertz CT molecular complexity index is 732. The van der Waals surface area contributed by atoms with Gasteiger partial charge in [0.15, 0.2) is 0 Å². The number of piperidine rings is 1. The maximum Gasteiger partial charge on any atom is 0.306 e. The van der Waals surface area contributed by atoms with Gasteiger partial charge >= 0.3 is 5.97 Å². The summed E-state index contributed by atoms with van der Waals surface area (Å²) in [6.45, 7) is 2.95. The summed E-state index contributed by atoms with van der Waals surface area (Å²) in [7, 11) is 3.62. The molecule has 3 rings (SSSR count). The molecule has 0 saturated carbocycles. The number of aromatic amines is 1. The number of nitrogens with zero attached hydrogens (tertiary/aromatic N) is 1. The summed E-state index contributed by atoms with van der Waals surface area (Å²) in [5.74, 6) is 0.124. The molecular formula is C19H24N2O2. The summed E-state index contributed by atoms with van der Waals surface area (Å²) in [4.78, 5) is 17.5. The number of nitrogens with one attached hydrogen (secondary N) is 1. The Kier molecular flexibility index (Phi) is 4.53. The van der Waals surface area contributed by atoms with Crippen LogP contribution < -0.4 is 0 Å². The van der Waals surface area contributed by atoms with Gasteiger partial charge in [0.25, 0.3) is 0 Å². The van der Waals surface area contributed by atoms with Crippen molar-refractivity contribution in [1.82, 2.24) is 9.88 Å². The van der Waals surface area contributed by atoms with Gasteiger partial charge in [0.05, 0.1) is 13.5 Å². The summed E-state index contributed by atoms with van der Waals surface area (Å²) in [5.41, 5.74) is 3.80. The predicted molar refractivity (Wildman–Crippen MR) is 92.2 cm³/mol. The number of hydrogen-bond acceptors (Lipinski definition) is 3. The number of methoxy groups -OCH3 is 1. The molecule has 1 saturated heterocycles. The molecule has 1 aliphatic rings. The molecule has 122 valence electrons. The number of likely N-dealkylation sites (tertiary alicyclic amines) is 1. The molecule has 2 aromatic rings. The quantitative estimate of drug-likeness (QED) is 0.695. The summed E-state index contributed by atoms with van der Waals surface area (Å²) in [5, 5.41) is 1.27. The topological polar surface area (TPSA) is 45.3 Å². The Labute approximate surface area is 137 Å². The van der Waals surface area contributed by atoms with Crippen LogP contribution in [0.3, 0.4) is 0 Å². The number of para-hydroxylation sites is 1. The number of H-pyrrole nitrogens is 1. The molecule has 2 atom stereocenters. The minimum atomic E-state index is -0.128. The molecule has 0 aliphatic carbocycles. The average molecular weight is 312 g/mol. The highest BCUT2D eigenvalue weighted by Gasteiger charge is 2.32. The lowest BCUT2D eigenvalue weighted by Gasteiger charge is -2.38. The molecule has 23 heavy (non-hydrogen) atoms. The number of aromatic nitrogens is 1. The summed E-state index contributed by atoms with van der Waals surface area (Å²) in [6, 6.07) is 8.70. The van der Waals surface area contributed by atoms with Crippen molar-refractivity contribution >= 4 is 16.9 Å². The Morgan fingerprint density at radius 2 is 2.22 bits per heavy atom. The number of ether oxygens (including phenoxy) is 1. The number of esters is 1. The van der Waals surface area contributed by atoms with Crippen molar-refractivity contribution in [3.05, 3.63) is 47.7 Å². The number of likely N-dealkylation sites (N-methyl/N-ethyl adjacent to an activating group) is 1. The van der Waals surface area contributed by atoms with Gasteiger partial charge in [-0.1, -0.05) is 29.8 Å². The van der Waals surface area contributed by atoms with Gasteiger partial charge in [-0.05, 0) is 37.9 Å².